The zero-order valence-electron chi connectivity index (χ0n) is 10.4. The molecule has 94 valence electrons. The van der Waals surface area contributed by atoms with Crippen molar-refractivity contribution in [3.8, 4) is 22.4 Å². The molecule has 0 unspecified atom stereocenters. The van der Waals surface area contributed by atoms with Crippen LogP contribution in [0.5, 0.6) is 0 Å². The summed E-state index contributed by atoms with van der Waals surface area (Å²) in [5.74, 6) is 0. The van der Waals surface area contributed by atoms with Crippen LogP contribution in [-0.2, 0) is 0 Å². The highest BCUT2D eigenvalue weighted by atomic mass is 35.5. The number of hydrogen-bond acceptors (Lipinski definition) is 2. The molecule has 0 aliphatic rings. The molecular weight excluding hydrogens is 274 g/mol. The molecular formula is C16H12ClNS. The van der Waals surface area contributed by atoms with Gasteiger partial charge in [0, 0.05) is 5.56 Å². The van der Waals surface area contributed by atoms with Gasteiger partial charge in [-0.05, 0) is 24.1 Å². The van der Waals surface area contributed by atoms with Gasteiger partial charge in [0.25, 0.3) is 0 Å². The maximum Gasteiger partial charge on any atom is 0.121 e. The van der Waals surface area contributed by atoms with E-state index in [1.807, 2.05) is 37.3 Å². The predicted octanol–water partition coefficient (Wildman–Crippen LogP) is 5.44. The largest absolute Gasteiger partial charge is 0.240 e. The number of thiazole rings is 1. The summed E-state index contributed by atoms with van der Waals surface area (Å²) >= 11 is 7.75. The van der Waals surface area contributed by atoms with E-state index in [2.05, 4.69) is 29.2 Å². The fourth-order valence-electron chi connectivity index (χ4n) is 2.06. The summed E-state index contributed by atoms with van der Waals surface area (Å²) in [7, 11) is 0. The number of rotatable bonds is 2. The highest BCUT2D eigenvalue weighted by Crippen LogP contribution is 2.34. The third-order valence-electron chi connectivity index (χ3n) is 2.94. The molecule has 0 spiro atoms. The van der Waals surface area contributed by atoms with E-state index in [4.69, 9.17) is 11.6 Å². The van der Waals surface area contributed by atoms with Gasteiger partial charge in [0.15, 0.2) is 0 Å². The van der Waals surface area contributed by atoms with E-state index in [-0.39, 0.29) is 0 Å². The smallest absolute Gasteiger partial charge is 0.121 e. The molecule has 1 aromatic heterocycles. The van der Waals surface area contributed by atoms with Gasteiger partial charge >= 0.3 is 0 Å². The number of aryl methyl sites for hydroxylation is 1. The molecule has 0 saturated heterocycles. The van der Waals surface area contributed by atoms with Crippen LogP contribution in [0.3, 0.4) is 0 Å². The van der Waals surface area contributed by atoms with E-state index in [9.17, 15) is 0 Å². The summed E-state index contributed by atoms with van der Waals surface area (Å²) in [5.41, 5.74) is 4.32. The normalized spacial score (nSPS) is 10.6. The van der Waals surface area contributed by atoms with Gasteiger partial charge in [0.2, 0.25) is 0 Å². The summed E-state index contributed by atoms with van der Waals surface area (Å²) in [6.07, 6.45) is 0. The lowest BCUT2D eigenvalue weighted by Gasteiger charge is -2.04. The average Bonchev–Trinajstić information content (AvgIpc) is 2.79. The molecule has 0 N–H and O–H groups in total. The van der Waals surface area contributed by atoms with Gasteiger partial charge < -0.3 is 0 Å². The molecule has 0 aliphatic heterocycles. The number of aromatic nitrogens is 1. The molecule has 0 aliphatic carbocycles. The summed E-state index contributed by atoms with van der Waals surface area (Å²) < 4.78 is 0.753. The summed E-state index contributed by atoms with van der Waals surface area (Å²) in [5, 5.41) is 0.991. The van der Waals surface area contributed by atoms with Crippen molar-refractivity contribution < 1.29 is 0 Å². The van der Waals surface area contributed by atoms with E-state index in [0.717, 1.165) is 20.6 Å². The minimum absolute atomic E-state index is 0.753. The fraction of sp³-hybridized carbons (Fsp3) is 0.0625. The van der Waals surface area contributed by atoms with Crippen LogP contribution in [0.1, 0.15) is 5.01 Å². The van der Waals surface area contributed by atoms with Crippen LogP contribution < -0.4 is 0 Å². The van der Waals surface area contributed by atoms with Crippen LogP contribution >= 0.6 is 22.9 Å². The molecule has 3 rings (SSSR count). The summed E-state index contributed by atoms with van der Waals surface area (Å²) in [6.45, 7) is 1.97. The highest BCUT2D eigenvalue weighted by Gasteiger charge is 2.10. The van der Waals surface area contributed by atoms with Crippen LogP contribution in [0.15, 0.2) is 54.6 Å². The molecule has 3 aromatic rings. The van der Waals surface area contributed by atoms with Gasteiger partial charge in [-0.3, -0.25) is 0 Å². The summed E-state index contributed by atoms with van der Waals surface area (Å²) in [6, 6.07) is 18.6. The molecule has 0 atom stereocenters. The molecule has 2 aromatic carbocycles. The number of benzene rings is 2. The number of nitrogens with zero attached hydrogens (tertiary/aromatic N) is 1. The number of halogens is 1. The first-order chi connectivity index (χ1) is 9.24. The Balaban J connectivity index is 2.08. The molecule has 0 fully saturated rings. The van der Waals surface area contributed by atoms with Crippen molar-refractivity contribution in [1.82, 2.24) is 4.98 Å². The van der Waals surface area contributed by atoms with Gasteiger partial charge in [0.05, 0.1) is 5.01 Å². The second-order valence-electron chi connectivity index (χ2n) is 4.30. The van der Waals surface area contributed by atoms with Crippen LogP contribution in [0.25, 0.3) is 22.4 Å². The third-order valence-corrected chi connectivity index (χ3v) is 4.11. The Labute approximate surface area is 121 Å². The molecule has 0 amide bonds. The van der Waals surface area contributed by atoms with Crippen molar-refractivity contribution in [1.29, 1.82) is 0 Å². The maximum absolute atomic E-state index is 6.23. The minimum Gasteiger partial charge on any atom is -0.240 e. The molecule has 1 heterocycles. The van der Waals surface area contributed by atoms with Crippen molar-refractivity contribution in [2.75, 3.05) is 0 Å². The second-order valence-corrected chi connectivity index (χ2v) is 6.11. The minimum atomic E-state index is 0.753. The third kappa shape index (κ3) is 2.55. The van der Waals surface area contributed by atoms with E-state index in [1.165, 1.54) is 22.5 Å². The Morgan fingerprint density at radius 1 is 0.895 bits per heavy atom. The van der Waals surface area contributed by atoms with Gasteiger partial charge in [-0.2, -0.15) is 0 Å². The van der Waals surface area contributed by atoms with Crippen LogP contribution in [0, 0.1) is 6.92 Å². The van der Waals surface area contributed by atoms with E-state index < -0.39 is 0 Å². The first kappa shape index (κ1) is 12.4. The van der Waals surface area contributed by atoms with Crippen molar-refractivity contribution in [3.63, 3.8) is 0 Å². The lowest BCUT2D eigenvalue weighted by atomic mass is 10.0. The summed E-state index contributed by atoms with van der Waals surface area (Å²) in [4.78, 5) is 4.50. The SMILES string of the molecule is Cc1nc(-c2cccc(-c3ccccc3)c2)c(Cl)s1. The second kappa shape index (κ2) is 5.16. The first-order valence-corrected chi connectivity index (χ1v) is 7.22. The zero-order valence-corrected chi connectivity index (χ0v) is 12.0. The Bertz CT molecular complexity index is 704. The first-order valence-electron chi connectivity index (χ1n) is 6.03. The average molecular weight is 286 g/mol. The van der Waals surface area contributed by atoms with Gasteiger partial charge in [0.1, 0.15) is 10.0 Å². The van der Waals surface area contributed by atoms with E-state index >= 15 is 0 Å². The van der Waals surface area contributed by atoms with E-state index in [1.54, 1.807) is 0 Å². The zero-order chi connectivity index (χ0) is 13.2. The molecule has 0 bridgehead atoms. The lowest BCUT2D eigenvalue weighted by Crippen LogP contribution is -1.82. The topological polar surface area (TPSA) is 12.9 Å². The fourth-order valence-corrected chi connectivity index (χ4v) is 3.20. The monoisotopic (exact) mass is 285 g/mol. The Morgan fingerprint density at radius 2 is 1.58 bits per heavy atom. The molecule has 3 heteroatoms. The standard InChI is InChI=1S/C16H12ClNS/c1-11-18-15(16(17)19-11)14-9-5-8-13(10-14)12-6-3-2-4-7-12/h2-10H,1H3. The van der Waals surface area contributed by atoms with E-state index in [0.29, 0.717) is 0 Å². The predicted molar refractivity (Wildman–Crippen MR) is 82.7 cm³/mol. The molecule has 1 nitrogen and oxygen atoms in total. The lowest BCUT2D eigenvalue weighted by molar-refractivity contribution is 1.30. The van der Waals surface area contributed by atoms with Crippen molar-refractivity contribution in [2.45, 2.75) is 6.92 Å². The maximum atomic E-state index is 6.23. The van der Waals surface area contributed by atoms with Gasteiger partial charge in [-0.25, -0.2) is 4.98 Å². The Morgan fingerprint density at radius 3 is 2.26 bits per heavy atom. The quantitative estimate of drug-likeness (QED) is 0.611. The van der Waals surface area contributed by atoms with Gasteiger partial charge in [-0.1, -0.05) is 60.1 Å². The van der Waals surface area contributed by atoms with Crippen molar-refractivity contribution in [3.05, 3.63) is 63.9 Å². The molecule has 19 heavy (non-hydrogen) atoms. The number of hydrogen-bond donors (Lipinski definition) is 0. The van der Waals surface area contributed by atoms with Crippen LogP contribution in [0.4, 0.5) is 0 Å². The van der Waals surface area contributed by atoms with Gasteiger partial charge in [-0.15, -0.1) is 11.3 Å². The van der Waals surface area contributed by atoms with Crippen molar-refractivity contribution in [2.24, 2.45) is 0 Å². The highest BCUT2D eigenvalue weighted by molar-refractivity contribution is 7.16. The molecule has 0 saturated carbocycles. The van der Waals surface area contributed by atoms with Crippen LogP contribution in [0.2, 0.25) is 4.34 Å². The van der Waals surface area contributed by atoms with Crippen LogP contribution in [-0.4, -0.2) is 4.98 Å². The Kier molecular flexibility index (Phi) is 3.36. The molecule has 0 radical (unpaired) electrons. The Hall–Kier alpha value is -1.64. The van der Waals surface area contributed by atoms with Crippen molar-refractivity contribution >= 4 is 22.9 Å².